The molecule has 8 heteroatoms. The number of nitrogens with zero attached hydrogens (tertiary/aromatic N) is 1. The molecule has 0 bridgehead atoms. The number of hydrogen-bond acceptors (Lipinski definition) is 3. The maximum atomic E-state index is 14.0. The molecule has 0 atom stereocenters. The molecule has 0 spiro atoms. The number of carbonyl (C=O) groups is 1. The van der Waals surface area contributed by atoms with Crippen LogP contribution in [0.15, 0.2) is 18.2 Å². The molecule has 1 N–H and O–H groups in total. The zero-order valence-corrected chi connectivity index (χ0v) is 15.1. The molecule has 0 aliphatic heterocycles. The molecule has 1 aromatic carbocycles. The van der Waals surface area contributed by atoms with Gasteiger partial charge in [-0.3, -0.25) is 9.10 Å². The molecule has 1 fully saturated rings. The van der Waals surface area contributed by atoms with E-state index in [1.54, 1.807) is 0 Å². The predicted octanol–water partition coefficient (Wildman–Crippen LogP) is 2.96. The fourth-order valence-electron chi connectivity index (χ4n) is 3.07. The molecule has 1 amide bonds. The summed E-state index contributed by atoms with van der Waals surface area (Å²) in [5.41, 5.74) is -0.336. The number of rotatable bonds is 5. The van der Waals surface area contributed by atoms with Crippen LogP contribution in [0.3, 0.4) is 0 Å². The lowest BCUT2D eigenvalue weighted by atomic mass is 9.97. The molecule has 0 saturated heterocycles. The number of sulfonamides is 1. The zero-order chi connectivity index (χ0) is 18.4. The van der Waals surface area contributed by atoms with Crippen LogP contribution in [-0.2, 0) is 14.8 Å². The van der Waals surface area contributed by atoms with Gasteiger partial charge in [-0.25, -0.2) is 17.2 Å². The maximum Gasteiger partial charge on any atom is 0.240 e. The number of amides is 1. The van der Waals surface area contributed by atoms with Crippen LogP contribution in [0.1, 0.15) is 44.9 Å². The number of benzene rings is 1. The zero-order valence-electron chi connectivity index (χ0n) is 14.3. The lowest BCUT2D eigenvalue weighted by Gasteiger charge is -2.25. The molecule has 5 nitrogen and oxygen atoms in total. The van der Waals surface area contributed by atoms with Gasteiger partial charge in [-0.05, 0) is 25.0 Å². The SMILES string of the molecule is CS(=O)(=O)N(CC(=O)NC1CCCCCCC1)c1ccc(F)cc1F. The molecular weight excluding hydrogens is 350 g/mol. The van der Waals surface area contributed by atoms with Crippen molar-refractivity contribution in [2.45, 2.75) is 51.0 Å². The molecule has 0 aromatic heterocycles. The van der Waals surface area contributed by atoms with Crippen LogP contribution in [-0.4, -0.2) is 33.2 Å². The van der Waals surface area contributed by atoms with E-state index >= 15 is 0 Å². The van der Waals surface area contributed by atoms with E-state index in [2.05, 4.69) is 5.32 Å². The summed E-state index contributed by atoms with van der Waals surface area (Å²) in [6, 6.07) is 2.59. The molecule has 1 aromatic rings. The van der Waals surface area contributed by atoms with Crippen molar-refractivity contribution in [2.24, 2.45) is 0 Å². The van der Waals surface area contributed by atoms with Gasteiger partial charge in [0.2, 0.25) is 15.9 Å². The molecule has 0 heterocycles. The molecule has 0 unspecified atom stereocenters. The van der Waals surface area contributed by atoms with E-state index in [4.69, 9.17) is 0 Å². The maximum absolute atomic E-state index is 14.0. The average Bonchev–Trinajstić information content (AvgIpc) is 2.47. The number of anilines is 1. The largest absolute Gasteiger partial charge is 0.352 e. The van der Waals surface area contributed by atoms with Gasteiger partial charge < -0.3 is 5.32 Å². The Bertz CT molecular complexity index is 702. The van der Waals surface area contributed by atoms with Crippen LogP contribution in [0.2, 0.25) is 0 Å². The van der Waals surface area contributed by atoms with Gasteiger partial charge in [0.05, 0.1) is 11.9 Å². The Kier molecular flexibility index (Phi) is 6.75. The van der Waals surface area contributed by atoms with Crippen LogP contribution in [0.4, 0.5) is 14.5 Å². The van der Waals surface area contributed by atoms with Crippen molar-refractivity contribution >= 4 is 21.6 Å². The minimum atomic E-state index is -3.89. The molecule has 140 valence electrons. The van der Waals surface area contributed by atoms with Gasteiger partial charge in [-0.2, -0.15) is 0 Å². The van der Waals surface area contributed by atoms with Crippen molar-refractivity contribution in [3.63, 3.8) is 0 Å². The van der Waals surface area contributed by atoms with Crippen LogP contribution in [0.5, 0.6) is 0 Å². The van der Waals surface area contributed by atoms with Gasteiger partial charge in [0.1, 0.15) is 18.2 Å². The van der Waals surface area contributed by atoms with E-state index in [-0.39, 0.29) is 11.7 Å². The summed E-state index contributed by atoms with van der Waals surface area (Å²) in [4.78, 5) is 12.3. The smallest absolute Gasteiger partial charge is 0.240 e. The second kappa shape index (κ2) is 8.60. The molecular formula is C17H24F2N2O3S. The Balaban J connectivity index is 2.10. The van der Waals surface area contributed by atoms with Crippen LogP contribution >= 0.6 is 0 Å². The van der Waals surface area contributed by atoms with Gasteiger partial charge in [0.15, 0.2) is 0 Å². The Morgan fingerprint density at radius 3 is 2.32 bits per heavy atom. The highest BCUT2D eigenvalue weighted by atomic mass is 32.2. The Morgan fingerprint density at radius 1 is 1.16 bits per heavy atom. The van der Waals surface area contributed by atoms with E-state index in [1.807, 2.05) is 0 Å². The topological polar surface area (TPSA) is 66.5 Å². The second-order valence-corrected chi connectivity index (χ2v) is 8.38. The summed E-state index contributed by atoms with van der Waals surface area (Å²) in [6.45, 7) is -0.530. The highest BCUT2D eigenvalue weighted by Gasteiger charge is 2.25. The minimum Gasteiger partial charge on any atom is -0.352 e. The molecule has 2 rings (SSSR count). The number of nitrogens with one attached hydrogen (secondary N) is 1. The van der Waals surface area contributed by atoms with Gasteiger partial charge in [-0.15, -0.1) is 0 Å². The molecule has 1 aliphatic carbocycles. The third-order valence-electron chi connectivity index (χ3n) is 4.34. The van der Waals surface area contributed by atoms with Gasteiger partial charge in [0.25, 0.3) is 0 Å². The second-order valence-electron chi connectivity index (χ2n) is 6.47. The first-order valence-electron chi connectivity index (χ1n) is 8.49. The van der Waals surface area contributed by atoms with Crippen molar-refractivity contribution in [2.75, 3.05) is 17.1 Å². The van der Waals surface area contributed by atoms with E-state index in [0.717, 1.165) is 56.9 Å². The third kappa shape index (κ3) is 5.95. The summed E-state index contributed by atoms with van der Waals surface area (Å²) < 4.78 is 51.7. The van der Waals surface area contributed by atoms with Crippen molar-refractivity contribution in [3.8, 4) is 0 Å². The molecule has 25 heavy (non-hydrogen) atoms. The first-order valence-corrected chi connectivity index (χ1v) is 10.3. The Hall–Kier alpha value is -1.70. The Morgan fingerprint density at radius 2 is 1.76 bits per heavy atom. The van der Waals surface area contributed by atoms with E-state index in [1.165, 1.54) is 6.42 Å². The summed E-state index contributed by atoms with van der Waals surface area (Å²) in [5, 5.41) is 2.85. The fourth-order valence-corrected chi connectivity index (χ4v) is 3.93. The van der Waals surface area contributed by atoms with Crippen LogP contribution in [0, 0.1) is 11.6 Å². The predicted molar refractivity (Wildman–Crippen MR) is 92.8 cm³/mol. The standard InChI is InChI=1S/C17H24F2N2O3S/c1-25(23,24)21(16-10-9-13(18)11-15(16)19)12-17(22)20-14-7-5-3-2-4-6-8-14/h9-11,14H,2-8,12H2,1H3,(H,20,22). The van der Waals surface area contributed by atoms with Crippen molar-refractivity contribution < 1.29 is 22.0 Å². The van der Waals surface area contributed by atoms with Gasteiger partial charge in [0, 0.05) is 12.1 Å². The van der Waals surface area contributed by atoms with E-state index in [0.29, 0.717) is 10.4 Å². The van der Waals surface area contributed by atoms with Crippen LogP contribution < -0.4 is 9.62 Å². The number of carbonyl (C=O) groups excluding carboxylic acids is 1. The number of halogens is 2. The quantitative estimate of drug-likeness (QED) is 0.862. The molecule has 0 radical (unpaired) electrons. The molecule has 1 saturated carbocycles. The van der Waals surface area contributed by atoms with Crippen molar-refractivity contribution in [1.82, 2.24) is 5.32 Å². The highest BCUT2D eigenvalue weighted by Crippen LogP contribution is 2.23. The lowest BCUT2D eigenvalue weighted by Crippen LogP contribution is -2.44. The van der Waals surface area contributed by atoms with E-state index < -0.39 is 34.1 Å². The lowest BCUT2D eigenvalue weighted by molar-refractivity contribution is -0.120. The monoisotopic (exact) mass is 374 g/mol. The minimum absolute atomic E-state index is 0.00674. The van der Waals surface area contributed by atoms with Crippen molar-refractivity contribution in [1.29, 1.82) is 0 Å². The van der Waals surface area contributed by atoms with Gasteiger partial charge >= 0.3 is 0 Å². The first-order chi connectivity index (χ1) is 11.8. The first kappa shape index (κ1) is 19.6. The average molecular weight is 374 g/mol. The third-order valence-corrected chi connectivity index (χ3v) is 5.46. The molecule has 1 aliphatic rings. The van der Waals surface area contributed by atoms with E-state index in [9.17, 15) is 22.0 Å². The summed E-state index contributed by atoms with van der Waals surface area (Å²) in [5.74, 6) is -2.32. The number of hydrogen-bond donors (Lipinski definition) is 1. The highest BCUT2D eigenvalue weighted by molar-refractivity contribution is 7.92. The normalized spacial score (nSPS) is 16.8. The fraction of sp³-hybridized carbons (Fsp3) is 0.588. The van der Waals surface area contributed by atoms with Crippen LogP contribution in [0.25, 0.3) is 0 Å². The summed E-state index contributed by atoms with van der Waals surface area (Å²) in [6.07, 6.45) is 8.10. The Labute approximate surface area is 147 Å². The summed E-state index contributed by atoms with van der Waals surface area (Å²) >= 11 is 0. The van der Waals surface area contributed by atoms with Gasteiger partial charge in [-0.1, -0.05) is 32.1 Å². The van der Waals surface area contributed by atoms with Crippen molar-refractivity contribution in [3.05, 3.63) is 29.8 Å². The summed E-state index contributed by atoms with van der Waals surface area (Å²) in [7, 11) is -3.89.